The molecule has 0 aromatic carbocycles. The predicted octanol–water partition coefficient (Wildman–Crippen LogP) is 0.102. The molecule has 6 heteroatoms. The molecule has 0 saturated carbocycles. The molecule has 78 valence electrons. The van der Waals surface area contributed by atoms with E-state index in [2.05, 4.69) is 6.92 Å². The molecule has 1 aliphatic heterocycles. The van der Waals surface area contributed by atoms with Crippen molar-refractivity contribution in [2.24, 2.45) is 0 Å². The number of aliphatic hydroxyl groups is 2. The standard InChI is InChI=1S/C8H15O3.W.2Y/c1-3-4-6-8(10)7(9)5(2)11-6;;;/h5-10H,2-4H2,1H3;;;/q-1;;;/t5-,6+,7-,8+;;;/m1.../s1. The SMILES string of the molecule is [CH2-][C@H]1O[C@@H](CCC)[C@H](O)[C@@H]1O.[W].[Y].[Y]. The molecule has 0 aliphatic carbocycles. The van der Waals surface area contributed by atoms with E-state index < -0.39 is 18.3 Å². The summed E-state index contributed by atoms with van der Waals surface area (Å²) in [7, 11) is 0. The van der Waals surface area contributed by atoms with E-state index in [0.29, 0.717) is 0 Å². The van der Waals surface area contributed by atoms with Gasteiger partial charge >= 0.3 is 0 Å². The van der Waals surface area contributed by atoms with Gasteiger partial charge in [-0.1, -0.05) is 13.3 Å². The van der Waals surface area contributed by atoms with Crippen LogP contribution in [0, 0.1) is 6.92 Å². The Morgan fingerprint density at radius 2 is 1.71 bits per heavy atom. The summed E-state index contributed by atoms with van der Waals surface area (Å²) in [5.74, 6) is 0. The van der Waals surface area contributed by atoms with Gasteiger partial charge in [0, 0.05) is 86.5 Å². The molecule has 0 unspecified atom stereocenters. The summed E-state index contributed by atoms with van der Waals surface area (Å²) in [5, 5.41) is 18.6. The molecule has 0 spiro atoms. The summed E-state index contributed by atoms with van der Waals surface area (Å²) in [6.07, 6.45) is -0.533. The maximum absolute atomic E-state index is 9.34. The molecular weight excluding hydrogens is 506 g/mol. The summed E-state index contributed by atoms with van der Waals surface area (Å²) in [6.45, 7) is 5.58. The average Bonchev–Trinajstić information content (AvgIpc) is 2.19. The van der Waals surface area contributed by atoms with E-state index in [1.165, 1.54) is 0 Å². The first-order valence-electron chi connectivity index (χ1n) is 4.01. The zero-order valence-electron chi connectivity index (χ0n) is 8.30. The van der Waals surface area contributed by atoms with Crippen molar-refractivity contribution in [2.75, 3.05) is 0 Å². The van der Waals surface area contributed by atoms with Crippen LogP contribution in [0.5, 0.6) is 0 Å². The van der Waals surface area contributed by atoms with Crippen LogP contribution in [0.4, 0.5) is 0 Å². The minimum atomic E-state index is -0.813. The van der Waals surface area contributed by atoms with Gasteiger partial charge in [-0.05, 0) is 12.5 Å². The second-order valence-electron chi connectivity index (χ2n) is 2.98. The Balaban J connectivity index is -0.000000403. The van der Waals surface area contributed by atoms with E-state index in [9.17, 15) is 10.2 Å². The van der Waals surface area contributed by atoms with Gasteiger partial charge in [-0.2, -0.15) is 0 Å². The Kier molecular flexibility index (Phi) is 17.1. The maximum atomic E-state index is 9.34. The maximum Gasteiger partial charge on any atom is 0.106 e. The Labute approximate surface area is 150 Å². The fourth-order valence-electron chi connectivity index (χ4n) is 1.35. The number of hydrogen-bond donors (Lipinski definition) is 2. The summed E-state index contributed by atoms with van der Waals surface area (Å²) in [5.41, 5.74) is 0. The minimum absolute atomic E-state index is 0. The van der Waals surface area contributed by atoms with Gasteiger partial charge in [-0.15, -0.1) is 0 Å². The van der Waals surface area contributed by atoms with Crippen LogP contribution in [0.25, 0.3) is 0 Å². The first kappa shape index (κ1) is 22.0. The van der Waals surface area contributed by atoms with Crippen LogP contribution in [-0.4, -0.2) is 34.6 Å². The smallest absolute Gasteiger partial charge is 0.106 e. The molecule has 1 rings (SSSR count). The van der Waals surface area contributed by atoms with Crippen LogP contribution < -0.4 is 0 Å². The fraction of sp³-hybridized carbons (Fsp3) is 0.875. The fourth-order valence-corrected chi connectivity index (χ4v) is 1.35. The Hall–Kier alpha value is 2.78. The van der Waals surface area contributed by atoms with Crippen molar-refractivity contribution in [2.45, 2.75) is 44.2 Å². The zero-order chi connectivity index (χ0) is 8.43. The van der Waals surface area contributed by atoms with E-state index in [1.54, 1.807) is 0 Å². The van der Waals surface area contributed by atoms with Crippen molar-refractivity contribution in [3.63, 3.8) is 0 Å². The summed E-state index contributed by atoms with van der Waals surface area (Å²) < 4.78 is 5.22. The average molecular weight is 521 g/mol. The first-order valence-corrected chi connectivity index (χ1v) is 4.01. The van der Waals surface area contributed by atoms with E-state index in [1.807, 2.05) is 6.92 Å². The predicted molar refractivity (Wildman–Crippen MR) is 40.9 cm³/mol. The molecule has 2 N–H and O–H groups in total. The minimum Gasteiger partial charge on any atom is -0.402 e. The summed E-state index contributed by atoms with van der Waals surface area (Å²) >= 11 is 0. The molecule has 2 radical (unpaired) electrons. The monoisotopic (exact) mass is 521 g/mol. The number of aliphatic hydroxyl groups excluding tert-OH is 2. The van der Waals surface area contributed by atoms with E-state index >= 15 is 0 Å². The Bertz CT molecular complexity index is 140. The third kappa shape index (κ3) is 5.91. The molecule has 3 nitrogen and oxygen atoms in total. The third-order valence-electron chi connectivity index (χ3n) is 2.03. The quantitative estimate of drug-likeness (QED) is 0.508. The van der Waals surface area contributed by atoms with E-state index in [4.69, 9.17) is 4.74 Å². The molecule has 1 heterocycles. The largest absolute Gasteiger partial charge is 0.402 e. The third-order valence-corrected chi connectivity index (χ3v) is 2.03. The summed E-state index contributed by atoms with van der Waals surface area (Å²) in [6, 6.07) is 0. The topological polar surface area (TPSA) is 49.7 Å². The van der Waals surface area contributed by atoms with Crippen LogP contribution in [-0.2, 0) is 91.2 Å². The molecule has 1 aliphatic rings. The summed E-state index contributed by atoms with van der Waals surface area (Å²) in [4.78, 5) is 0. The van der Waals surface area contributed by atoms with E-state index in [0.717, 1.165) is 12.8 Å². The zero-order valence-corrected chi connectivity index (χ0v) is 16.9. The molecule has 1 fully saturated rings. The van der Waals surface area contributed by atoms with Crippen molar-refractivity contribution < 1.29 is 101 Å². The van der Waals surface area contributed by atoms with Crippen LogP contribution in [0.3, 0.4) is 0 Å². The second-order valence-corrected chi connectivity index (χ2v) is 2.98. The van der Waals surface area contributed by atoms with Crippen LogP contribution in [0.2, 0.25) is 0 Å². The van der Waals surface area contributed by atoms with Gasteiger partial charge in [0.1, 0.15) is 6.10 Å². The van der Waals surface area contributed by atoms with Gasteiger partial charge in [0.15, 0.2) is 0 Å². The van der Waals surface area contributed by atoms with Crippen molar-refractivity contribution in [1.82, 2.24) is 0 Å². The Morgan fingerprint density at radius 3 is 2.00 bits per heavy atom. The molecule has 1 saturated heterocycles. The van der Waals surface area contributed by atoms with Gasteiger partial charge in [0.05, 0.1) is 12.2 Å². The molecular formula is C8H15O3WY2-. The molecule has 0 aromatic heterocycles. The molecule has 0 aromatic rings. The number of rotatable bonds is 2. The Morgan fingerprint density at radius 1 is 1.21 bits per heavy atom. The molecule has 0 amide bonds. The van der Waals surface area contributed by atoms with E-state index in [-0.39, 0.29) is 92.6 Å². The van der Waals surface area contributed by atoms with Gasteiger partial charge in [0.2, 0.25) is 0 Å². The van der Waals surface area contributed by atoms with Gasteiger partial charge in [-0.25, -0.2) is 0 Å². The van der Waals surface area contributed by atoms with Crippen LogP contribution in [0.1, 0.15) is 19.8 Å². The first-order chi connectivity index (χ1) is 5.16. The molecule has 0 bridgehead atoms. The van der Waals surface area contributed by atoms with Crippen molar-refractivity contribution in [1.29, 1.82) is 0 Å². The van der Waals surface area contributed by atoms with Crippen molar-refractivity contribution in [3.8, 4) is 0 Å². The molecule has 14 heavy (non-hydrogen) atoms. The van der Waals surface area contributed by atoms with Crippen molar-refractivity contribution in [3.05, 3.63) is 6.92 Å². The number of hydrogen-bond acceptors (Lipinski definition) is 3. The van der Waals surface area contributed by atoms with Crippen molar-refractivity contribution >= 4 is 0 Å². The van der Waals surface area contributed by atoms with Crippen LogP contribution in [0.15, 0.2) is 0 Å². The van der Waals surface area contributed by atoms with Gasteiger partial charge < -0.3 is 21.9 Å². The normalized spacial score (nSPS) is 35.1. The molecule has 4 atom stereocenters. The second kappa shape index (κ2) is 10.9. The van der Waals surface area contributed by atoms with Crippen LogP contribution >= 0.6 is 0 Å². The van der Waals surface area contributed by atoms with Gasteiger partial charge in [0.25, 0.3) is 0 Å². The van der Waals surface area contributed by atoms with Gasteiger partial charge in [-0.3, -0.25) is 0 Å². The number of ether oxygens (including phenoxy) is 1.